The van der Waals surface area contributed by atoms with E-state index in [0.29, 0.717) is 11.3 Å². The largest absolute Gasteiger partial charge is 0.497 e. The van der Waals surface area contributed by atoms with Gasteiger partial charge < -0.3 is 9.47 Å². The van der Waals surface area contributed by atoms with Gasteiger partial charge in [-0.25, -0.2) is 9.78 Å². The van der Waals surface area contributed by atoms with Crippen LogP contribution in [0.4, 0.5) is 0 Å². The number of fused-ring (bicyclic) bond motifs is 1. The minimum atomic E-state index is -0.486. The molecule has 0 fully saturated rings. The topological polar surface area (TPSA) is 48.4 Å². The van der Waals surface area contributed by atoms with Crippen LogP contribution in [0.5, 0.6) is 11.5 Å². The Morgan fingerprint density at radius 1 is 1.00 bits per heavy atom. The molecule has 4 nitrogen and oxygen atoms in total. The quantitative estimate of drug-likeness (QED) is 0.520. The Bertz CT molecular complexity index is 831. The number of carbonyl (C=O) groups is 1. The van der Waals surface area contributed by atoms with Crippen molar-refractivity contribution in [2.45, 2.75) is 0 Å². The minimum Gasteiger partial charge on any atom is -0.497 e. The highest BCUT2D eigenvalue weighted by molar-refractivity contribution is 9.10. The Morgan fingerprint density at radius 3 is 2.45 bits per heavy atom. The van der Waals surface area contributed by atoms with E-state index in [1.54, 1.807) is 31.4 Å². The summed E-state index contributed by atoms with van der Waals surface area (Å²) in [6.45, 7) is 0. The molecule has 3 rings (SSSR count). The second-order valence-electron chi connectivity index (χ2n) is 4.60. The highest BCUT2D eigenvalue weighted by Crippen LogP contribution is 2.21. The summed E-state index contributed by atoms with van der Waals surface area (Å²) in [6.07, 6.45) is 0. The molecule has 0 saturated carbocycles. The summed E-state index contributed by atoms with van der Waals surface area (Å²) in [6, 6.07) is 16.0. The zero-order chi connectivity index (χ0) is 15.5. The number of hydrogen-bond acceptors (Lipinski definition) is 4. The lowest BCUT2D eigenvalue weighted by atomic mass is 10.2. The maximum Gasteiger partial charge on any atom is 0.362 e. The normalized spacial score (nSPS) is 10.5. The third-order valence-electron chi connectivity index (χ3n) is 3.13. The van der Waals surface area contributed by atoms with E-state index in [-0.39, 0.29) is 5.69 Å². The van der Waals surface area contributed by atoms with E-state index in [0.717, 1.165) is 15.6 Å². The molecule has 0 atom stereocenters. The number of ether oxygens (including phenoxy) is 2. The summed E-state index contributed by atoms with van der Waals surface area (Å²) in [7, 11) is 1.61. The number of hydrogen-bond donors (Lipinski definition) is 0. The van der Waals surface area contributed by atoms with Gasteiger partial charge in [0.2, 0.25) is 0 Å². The molecule has 0 amide bonds. The van der Waals surface area contributed by atoms with E-state index in [9.17, 15) is 4.79 Å². The van der Waals surface area contributed by atoms with Crippen molar-refractivity contribution in [2.24, 2.45) is 0 Å². The van der Waals surface area contributed by atoms with Crippen molar-refractivity contribution in [1.29, 1.82) is 0 Å². The van der Waals surface area contributed by atoms with Crippen molar-refractivity contribution in [3.8, 4) is 11.5 Å². The van der Waals surface area contributed by atoms with E-state index < -0.39 is 5.97 Å². The summed E-state index contributed by atoms with van der Waals surface area (Å²) in [4.78, 5) is 16.5. The molecule has 0 spiro atoms. The third kappa shape index (κ3) is 3.09. The van der Waals surface area contributed by atoms with Crippen LogP contribution in [-0.2, 0) is 0 Å². The van der Waals surface area contributed by atoms with Gasteiger partial charge in [-0.15, -0.1) is 0 Å². The van der Waals surface area contributed by atoms with Crippen LogP contribution in [0, 0.1) is 0 Å². The number of benzene rings is 2. The molecule has 22 heavy (non-hydrogen) atoms. The molecule has 0 radical (unpaired) electrons. The SMILES string of the molecule is COc1ccc2nc(C(=O)Oc3ccc(Br)cc3)ccc2c1. The average molecular weight is 358 g/mol. The molecular formula is C17H12BrNO3. The Kier molecular flexibility index (Phi) is 4.06. The molecule has 0 unspecified atom stereocenters. The van der Waals surface area contributed by atoms with Crippen molar-refractivity contribution in [3.63, 3.8) is 0 Å². The molecular weight excluding hydrogens is 346 g/mol. The first-order chi connectivity index (χ1) is 10.7. The molecule has 2 aromatic carbocycles. The number of pyridine rings is 1. The number of aromatic nitrogens is 1. The van der Waals surface area contributed by atoms with Crippen LogP contribution < -0.4 is 9.47 Å². The number of methoxy groups -OCH3 is 1. The maximum atomic E-state index is 12.1. The molecule has 5 heteroatoms. The van der Waals surface area contributed by atoms with Crippen LogP contribution in [0.25, 0.3) is 10.9 Å². The van der Waals surface area contributed by atoms with Gasteiger partial charge >= 0.3 is 5.97 Å². The molecule has 3 aromatic rings. The molecule has 1 heterocycles. The van der Waals surface area contributed by atoms with E-state index in [1.165, 1.54) is 0 Å². The first-order valence-corrected chi connectivity index (χ1v) is 7.37. The van der Waals surface area contributed by atoms with Crippen molar-refractivity contribution < 1.29 is 14.3 Å². The van der Waals surface area contributed by atoms with E-state index in [1.807, 2.05) is 30.3 Å². The van der Waals surface area contributed by atoms with Crippen molar-refractivity contribution in [3.05, 3.63) is 64.8 Å². The monoisotopic (exact) mass is 357 g/mol. The molecule has 0 aliphatic carbocycles. The zero-order valence-electron chi connectivity index (χ0n) is 11.7. The lowest BCUT2D eigenvalue weighted by Crippen LogP contribution is -2.10. The molecule has 0 saturated heterocycles. The molecule has 0 aliphatic rings. The van der Waals surface area contributed by atoms with Gasteiger partial charge in [-0.2, -0.15) is 0 Å². The standard InChI is InChI=1S/C17H12BrNO3/c1-21-14-7-9-15-11(10-14)2-8-16(19-15)17(20)22-13-5-3-12(18)4-6-13/h2-10H,1H3. The molecule has 0 aliphatic heterocycles. The van der Waals surface area contributed by atoms with Gasteiger partial charge in [0.1, 0.15) is 17.2 Å². The van der Waals surface area contributed by atoms with Crippen LogP contribution in [0.3, 0.4) is 0 Å². The van der Waals surface area contributed by atoms with Crippen molar-refractivity contribution in [2.75, 3.05) is 7.11 Å². The van der Waals surface area contributed by atoms with E-state index >= 15 is 0 Å². The highest BCUT2D eigenvalue weighted by atomic mass is 79.9. The van der Waals surface area contributed by atoms with Crippen LogP contribution in [0.15, 0.2) is 59.1 Å². The summed E-state index contributed by atoms with van der Waals surface area (Å²) >= 11 is 3.33. The van der Waals surface area contributed by atoms with Gasteiger partial charge in [0, 0.05) is 9.86 Å². The minimum absolute atomic E-state index is 0.264. The Morgan fingerprint density at radius 2 is 1.73 bits per heavy atom. The predicted molar refractivity (Wildman–Crippen MR) is 87.4 cm³/mol. The van der Waals surface area contributed by atoms with E-state index in [4.69, 9.17) is 9.47 Å². The summed E-state index contributed by atoms with van der Waals surface area (Å²) in [5, 5.41) is 0.902. The second kappa shape index (κ2) is 6.15. The average Bonchev–Trinajstić information content (AvgIpc) is 2.56. The van der Waals surface area contributed by atoms with E-state index in [2.05, 4.69) is 20.9 Å². The van der Waals surface area contributed by atoms with Gasteiger partial charge in [-0.05, 0) is 48.5 Å². The zero-order valence-corrected chi connectivity index (χ0v) is 13.3. The molecule has 1 aromatic heterocycles. The number of rotatable bonds is 3. The Labute approximate surface area is 135 Å². The number of esters is 1. The smallest absolute Gasteiger partial charge is 0.362 e. The van der Waals surface area contributed by atoms with Crippen LogP contribution >= 0.6 is 15.9 Å². The lowest BCUT2D eigenvalue weighted by Gasteiger charge is -2.06. The fourth-order valence-corrected chi connectivity index (χ4v) is 2.27. The van der Waals surface area contributed by atoms with Gasteiger partial charge in [0.25, 0.3) is 0 Å². The predicted octanol–water partition coefficient (Wildman–Crippen LogP) is 4.23. The molecule has 0 bridgehead atoms. The Hall–Kier alpha value is -2.40. The molecule has 110 valence electrons. The van der Waals surface area contributed by atoms with Crippen LogP contribution in [0.1, 0.15) is 10.5 Å². The number of carbonyl (C=O) groups excluding carboxylic acids is 1. The molecule has 0 N–H and O–H groups in total. The van der Waals surface area contributed by atoms with Crippen molar-refractivity contribution in [1.82, 2.24) is 4.98 Å². The highest BCUT2D eigenvalue weighted by Gasteiger charge is 2.11. The van der Waals surface area contributed by atoms with Crippen LogP contribution in [-0.4, -0.2) is 18.1 Å². The maximum absolute atomic E-state index is 12.1. The third-order valence-corrected chi connectivity index (χ3v) is 3.66. The van der Waals surface area contributed by atoms with Gasteiger partial charge in [-0.3, -0.25) is 0 Å². The summed E-state index contributed by atoms with van der Waals surface area (Å²) in [5.41, 5.74) is 0.978. The number of halogens is 1. The lowest BCUT2D eigenvalue weighted by molar-refractivity contribution is 0.0729. The second-order valence-corrected chi connectivity index (χ2v) is 5.51. The number of nitrogens with zero attached hydrogens (tertiary/aromatic N) is 1. The fraction of sp³-hybridized carbons (Fsp3) is 0.0588. The first kappa shape index (κ1) is 14.5. The van der Waals surface area contributed by atoms with Gasteiger partial charge in [-0.1, -0.05) is 22.0 Å². The fourth-order valence-electron chi connectivity index (χ4n) is 2.01. The Balaban J connectivity index is 1.86. The summed E-state index contributed by atoms with van der Waals surface area (Å²) in [5.74, 6) is 0.740. The van der Waals surface area contributed by atoms with Gasteiger partial charge in [0.15, 0.2) is 0 Å². The van der Waals surface area contributed by atoms with Crippen molar-refractivity contribution >= 4 is 32.8 Å². The summed E-state index contributed by atoms with van der Waals surface area (Å²) < 4.78 is 11.4. The van der Waals surface area contributed by atoms with Gasteiger partial charge in [0.05, 0.1) is 12.6 Å². The van der Waals surface area contributed by atoms with Crippen LogP contribution in [0.2, 0.25) is 0 Å². The first-order valence-electron chi connectivity index (χ1n) is 6.58.